The lowest BCUT2D eigenvalue weighted by atomic mass is 9.81. The average molecular weight is 388 g/mol. The van der Waals surface area contributed by atoms with Crippen molar-refractivity contribution in [1.82, 2.24) is 0 Å². The van der Waals surface area contributed by atoms with Gasteiger partial charge in [0.25, 0.3) is 0 Å². The molecular formula is C19H30ClNO3S. The third kappa shape index (κ3) is 7.87. The van der Waals surface area contributed by atoms with Crippen molar-refractivity contribution < 1.29 is 14.7 Å². The van der Waals surface area contributed by atoms with Crippen LogP contribution >= 0.6 is 23.4 Å². The molecule has 2 atom stereocenters. The number of halogens is 1. The molecule has 0 fully saturated rings. The zero-order chi connectivity index (χ0) is 18.8. The number of nitrogens with zero attached hydrogens (tertiary/aromatic N) is 1. The van der Waals surface area contributed by atoms with Crippen LogP contribution in [0.5, 0.6) is 0 Å². The normalized spacial score (nSPS) is 20.6. The summed E-state index contributed by atoms with van der Waals surface area (Å²) in [6, 6.07) is 0. The van der Waals surface area contributed by atoms with Gasteiger partial charge in [-0.15, -0.1) is 0 Å². The molecule has 0 aromatic heterocycles. The predicted octanol–water partition coefficient (Wildman–Crippen LogP) is 5.48. The Labute approximate surface area is 160 Å². The number of aliphatic hydroxyl groups is 1. The number of rotatable bonds is 10. The number of oxime groups is 1. The van der Waals surface area contributed by atoms with Crippen LogP contribution in [-0.4, -0.2) is 34.2 Å². The molecule has 2 unspecified atom stereocenters. The van der Waals surface area contributed by atoms with Gasteiger partial charge in [0.15, 0.2) is 5.78 Å². The van der Waals surface area contributed by atoms with Gasteiger partial charge < -0.3 is 9.94 Å². The summed E-state index contributed by atoms with van der Waals surface area (Å²) in [5.74, 6) is 1.70. The maximum Gasteiger partial charge on any atom is 0.168 e. The minimum atomic E-state index is -0.0293. The number of Topliss-reactive ketones (excluding diaryl/α,β-unsaturated/α-hetero) is 1. The first-order valence-electron chi connectivity index (χ1n) is 8.90. The third-order valence-electron chi connectivity index (χ3n) is 3.96. The molecule has 0 aromatic rings. The minimum absolute atomic E-state index is 0.0293. The summed E-state index contributed by atoms with van der Waals surface area (Å²) in [5, 5.41) is 15.1. The molecule has 0 aromatic carbocycles. The predicted molar refractivity (Wildman–Crippen MR) is 107 cm³/mol. The van der Waals surface area contributed by atoms with Crippen LogP contribution in [0.1, 0.15) is 53.4 Å². The maximum atomic E-state index is 12.7. The molecule has 1 rings (SSSR count). The van der Waals surface area contributed by atoms with Crippen LogP contribution in [0.2, 0.25) is 0 Å². The Morgan fingerprint density at radius 1 is 1.44 bits per heavy atom. The van der Waals surface area contributed by atoms with Crippen LogP contribution in [0, 0.1) is 11.8 Å². The summed E-state index contributed by atoms with van der Waals surface area (Å²) in [6.07, 6.45) is 4.15. The lowest BCUT2D eigenvalue weighted by Gasteiger charge is -2.26. The number of carbonyl (C=O) groups excluding carboxylic acids is 1. The number of thioether (sulfide) groups is 1. The second kappa shape index (κ2) is 11.6. The molecule has 142 valence electrons. The molecule has 0 aliphatic heterocycles. The monoisotopic (exact) mass is 387 g/mol. The van der Waals surface area contributed by atoms with Crippen LogP contribution in [0.3, 0.4) is 0 Å². The van der Waals surface area contributed by atoms with Crippen molar-refractivity contribution in [2.24, 2.45) is 17.0 Å². The van der Waals surface area contributed by atoms with Crippen LogP contribution in [0.4, 0.5) is 0 Å². The Morgan fingerprint density at radius 3 is 2.72 bits per heavy atom. The highest BCUT2D eigenvalue weighted by Crippen LogP contribution is 2.33. The molecular weight excluding hydrogens is 358 g/mol. The molecule has 0 heterocycles. The molecule has 25 heavy (non-hydrogen) atoms. The number of aliphatic hydroxyl groups excluding tert-OH is 1. The van der Waals surface area contributed by atoms with Gasteiger partial charge in [-0.05, 0) is 36.5 Å². The average Bonchev–Trinajstić information content (AvgIpc) is 2.50. The Bertz CT molecular complexity index is 529. The fraction of sp³-hybridized carbons (Fsp3) is 0.684. The largest absolute Gasteiger partial charge is 0.511 e. The smallest absolute Gasteiger partial charge is 0.168 e. The lowest BCUT2D eigenvalue weighted by molar-refractivity contribution is -0.116. The highest BCUT2D eigenvalue weighted by Gasteiger charge is 2.31. The van der Waals surface area contributed by atoms with Gasteiger partial charge in [-0.2, -0.15) is 11.8 Å². The standard InChI is InChI=1S/C19H30ClNO3S/c1-5-25-14(4)10-15-11-17(22)19(18(23)12-15)16(9-13(2)3)21-24-8-6-7-20/h6-7,13-15,22H,5,8-12H2,1-4H3. The molecule has 0 bridgehead atoms. The summed E-state index contributed by atoms with van der Waals surface area (Å²) < 4.78 is 0. The van der Waals surface area contributed by atoms with Gasteiger partial charge in [0.1, 0.15) is 12.4 Å². The quantitative estimate of drug-likeness (QED) is 0.306. The molecule has 0 saturated carbocycles. The third-order valence-corrected chi connectivity index (χ3v) is 5.24. The zero-order valence-electron chi connectivity index (χ0n) is 15.6. The highest BCUT2D eigenvalue weighted by molar-refractivity contribution is 7.99. The molecule has 0 spiro atoms. The van der Waals surface area contributed by atoms with E-state index in [1.54, 1.807) is 6.08 Å². The minimum Gasteiger partial charge on any atom is -0.511 e. The van der Waals surface area contributed by atoms with E-state index in [2.05, 4.69) is 19.0 Å². The van der Waals surface area contributed by atoms with Crippen molar-refractivity contribution in [3.05, 3.63) is 22.9 Å². The van der Waals surface area contributed by atoms with Gasteiger partial charge in [-0.3, -0.25) is 4.79 Å². The second-order valence-corrected chi connectivity index (χ2v) is 8.78. The van der Waals surface area contributed by atoms with Gasteiger partial charge in [0, 0.05) is 23.6 Å². The number of hydrogen-bond acceptors (Lipinski definition) is 5. The van der Waals surface area contributed by atoms with Crippen molar-refractivity contribution in [3.63, 3.8) is 0 Å². The molecule has 1 aliphatic carbocycles. The van der Waals surface area contributed by atoms with E-state index in [9.17, 15) is 9.90 Å². The first kappa shape index (κ1) is 22.1. The van der Waals surface area contributed by atoms with Gasteiger partial charge in [0.05, 0.1) is 11.3 Å². The van der Waals surface area contributed by atoms with Crippen LogP contribution in [-0.2, 0) is 9.63 Å². The fourth-order valence-electron chi connectivity index (χ4n) is 3.06. The van der Waals surface area contributed by atoms with Crippen LogP contribution in [0.15, 0.2) is 28.1 Å². The SMILES string of the molecule is CCSC(C)CC1CC(=O)C(C(CC(C)C)=NOCC=CCl)=C(O)C1. The Morgan fingerprint density at radius 2 is 2.16 bits per heavy atom. The number of ketones is 1. The number of carbonyl (C=O) groups is 1. The molecule has 0 saturated heterocycles. The Hall–Kier alpha value is -0.940. The van der Waals surface area contributed by atoms with Gasteiger partial charge >= 0.3 is 0 Å². The first-order valence-corrected chi connectivity index (χ1v) is 10.4. The van der Waals surface area contributed by atoms with E-state index < -0.39 is 0 Å². The van der Waals surface area contributed by atoms with Crippen molar-refractivity contribution in [2.75, 3.05) is 12.4 Å². The van der Waals surface area contributed by atoms with Crippen LogP contribution in [0.25, 0.3) is 0 Å². The van der Waals surface area contributed by atoms with Crippen molar-refractivity contribution in [3.8, 4) is 0 Å². The van der Waals surface area contributed by atoms with Gasteiger partial charge in [-0.25, -0.2) is 0 Å². The lowest BCUT2D eigenvalue weighted by Crippen LogP contribution is -2.26. The van der Waals surface area contributed by atoms with Crippen molar-refractivity contribution in [2.45, 2.75) is 58.6 Å². The summed E-state index contributed by atoms with van der Waals surface area (Å²) in [5.41, 5.74) is 2.26. The molecule has 1 aliphatic rings. The molecule has 0 amide bonds. The number of allylic oxidation sites excluding steroid dienone is 2. The van der Waals surface area contributed by atoms with E-state index in [0.717, 1.165) is 12.2 Å². The van der Waals surface area contributed by atoms with Crippen LogP contribution < -0.4 is 0 Å². The summed E-state index contributed by atoms with van der Waals surface area (Å²) in [7, 11) is 0. The summed E-state index contributed by atoms with van der Waals surface area (Å²) in [4.78, 5) is 17.9. The van der Waals surface area contributed by atoms with Crippen molar-refractivity contribution in [1.29, 1.82) is 0 Å². The first-order chi connectivity index (χ1) is 11.9. The summed E-state index contributed by atoms with van der Waals surface area (Å²) >= 11 is 7.35. The molecule has 6 heteroatoms. The molecule has 1 N–H and O–H groups in total. The van der Waals surface area contributed by atoms with E-state index in [0.29, 0.717) is 41.7 Å². The van der Waals surface area contributed by atoms with E-state index in [-0.39, 0.29) is 24.1 Å². The fourth-order valence-corrected chi connectivity index (χ4v) is 4.11. The van der Waals surface area contributed by atoms with Gasteiger partial charge in [0.2, 0.25) is 0 Å². The molecule has 0 radical (unpaired) electrons. The Kier molecular flexibility index (Phi) is 10.3. The number of hydrogen-bond donors (Lipinski definition) is 1. The van der Waals surface area contributed by atoms with E-state index >= 15 is 0 Å². The summed E-state index contributed by atoms with van der Waals surface area (Å²) in [6.45, 7) is 8.65. The zero-order valence-corrected chi connectivity index (χ0v) is 17.2. The van der Waals surface area contributed by atoms with Crippen molar-refractivity contribution >= 4 is 34.9 Å². The second-order valence-electron chi connectivity index (χ2n) is 6.81. The highest BCUT2D eigenvalue weighted by atomic mass is 35.5. The molecule has 4 nitrogen and oxygen atoms in total. The Balaban J connectivity index is 2.91. The topological polar surface area (TPSA) is 58.9 Å². The van der Waals surface area contributed by atoms with Gasteiger partial charge in [-0.1, -0.05) is 44.5 Å². The van der Waals surface area contributed by atoms with E-state index in [1.807, 2.05) is 25.6 Å². The van der Waals surface area contributed by atoms with E-state index in [4.69, 9.17) is 16.4 Å². The van der Waals surface area contributed by atoms with E-state index in [1.165, 1.54) is 5.54 Å². The maximum absolute atomic E-state index is 12.7.